The quantitative estimate of drug-likeness (QED) is 0.205. The molecule has 1 aliphatic heterocycles. The first-order valence-corrected chi connectivity index (χ1v) is 15.5. The van der Waals surface area contributed by atoms with Gasteiger partial charge in [0.2, 0.25) is 0 Å². The third kappa shape index (κ3) is 8.96. The monoisotopic (exact) mass is 588 g/mol. The lowest BCUT2D eigenvalue weighted by Gasteiger charge is -2.26. The largest absolute Gasteiger partial charge is 0.379 e. The number of morpholine rings is 1. The average Bonchev–Trinajstić information content (AvgIpc) is 3.47. The number of benzene rings is 3. The smallest absolute Gasteiger partial charge is 0.270 e. The van der Waals surface area contributed by atoms with Gasteiger partial charge in [0.1, 0.15) is 10.7 Å². The van der Waals surface area contributed by atoms with E-state index in [4.69, 9.17) is 21.3 Å². The Morgan fingerprint density at radius 2 is 1.68 bits per heavy atom. The van der Waals surface area contributed by atoms with Gasteiger partial charge in [-0.3, -0.25) is 14.6 Å². The highest BCUT2D eigenvalue weighted by Gasteiger charge is 2.19. The van der Waals surface area contributed by atoms with E-state index in [9.17, 15) is 4.79 Å². The van der Waals surface area contributed by atoms with E-state index < -0.39 is 0 Å². The molecule has 0 radical (unpaired) electrons. The third-order valence-electron chi connectivity index (χ3n) is 7.39. The van der Waals surface area contributed by atoms with Crippen LogP contribution in [-0.2, 0) is 17.8 Å². The Morgan fingerprint density at radius 1 is 0.976 bits per heavy atom. The van der Waals surface area contributed by atoms with Crippen LogP contribution in [-0.4, -0.2) is 66.6 Å². The van der Waals surface area contributed by atoms with Crippen molar-refractivity contribution in [3.8, 4) is 0 Å². The van der Waals surface area contributed by atoms with E-state index in [2.05, 4.69) is 81.8 Å². The lowest BCUT2D eigenvalue weighted by molar-refractivity contribution is 0.0383. The molecule has 4 aromatic rings. The molecule has 8 heteroatoms. The van der Waals surface area contributed by atoms with Gasteiger partial charge in [0.25, 0.3) is 5.91 Å². The summed E-state index contributed by atoms with van der Waals surface area (Å²) in [5, 5.41) is 6.57. The molecule has 5 rings (SSSR count). The lowest BCUT2D eigenvalue weighted by atomic mass is 9.88. The standard InChI is InChI=1S/C33H37ClN4O2S/c34-29-13-7-8-26(22-29)23-38(16-14-30(27-9-3-1-4-10-27)28-11-5-2-6-12-28)24-32-36-31(25-41-32)33(39)35-15-17-37-18-20-40-21-19-37/h1-13,22,25,30H,14-21,23-24H2,(H,35,39). The van der Waals surface area contributed by atoms with Gasteiger partial charge in [-0.05, 0) is 41.8 Å². The number of halogens is 1. The SMILES string of the molecule is O=C(NCCN1CCOCC1)c1csc(CN(CCC(c2ccccc2)c2ccccc2)Cc2cccc(Cl)c2)n1. The number of amides is 1. The summed E-state index contributed by atoms with van der Waals surface area (Å²) in [4.78, 5) is 22.2. The van der Waals surface area contributed by atoms with E-state index in [-0.39, 0.29) is 11.8 Å². The lowest BCUT2D eigenvalue weighted by Crippen LogP contribution is -2.41. The summed E-state index contributed by atoms with van der Waals surface area (Å²) in [7, 11) is 0. The highest BCUT2D eigenvalue weighted by atomic mass is 35.5. The number of ether oxygens (including phenoxy) is 1. The molecule has 1 N–H and O–H groups in total. The van der Waals surface area contributed by atoms with Crippen LogP contribution < -0.4 is 5.32 Å². The van der Waals surface area contributed by atoms with Crippen molar-refractivity contribution in [1.82, 2.24) is 20.1 Å². The number of carbonyl (C=O) groups excluding carboxylic acids is 1. The van der Waals surface area contributed by atoms with Crippen molar-refractivity contribution in [2.75, 3.05) is 45.9 Å². The first-order chi connectivity index (χ1) is 20.1. The van der Waals surface area contributed by atoms with E-state index in [1.165, 1.54) is 11.1 Å². The molecule has 41 heavy (non-hydrogen) atoms. The molecule has 0 bridgehead atoms. The first kappa shape index (κ1) is 29.4. The van der Waals surface area contributed by atoms with E-state index in [0.29, 0.717) is 18.8 Å². The van der Waals surface area contributed by atoms with Crippen molar-refractivity contribution in [3.05, 3.63) is 123 Å². The second kappa shape index (κ2) is 15.2. The maximum atomic E-state index is 12.8. The molecule has 0 saturated carbocycles. The number of nitrogens with one attached hydrogen (secondary N) is 1. The number of carbonyl (C=O) groups is 1. The van der Waals surface area contributed by atoms with E-state index in [1.807, 2.05) is 23.6 Å². The minimum Gasteiger partial charge on any atom is -0.379 e. The predicted octanol–water partition coefficient (Wildman–Crippen LogP) is 6.08. The second-order valence-corrected chi connectivity index (χ2v) is 11.7. The summed E-state index contributed by atoms with van der Waals surface area (Å²) in [5.74, 6) is 0.165. The molecule has 1 saturated heterocycles. The number of nitrogens with zero attached hydrogens (tertiary/aromatic N) is 3. The van der Waals surface area contributed by atoms with Gasteiger partial charge in [-0.25, -0.2) is 4.98 Å². The van der Waals surface area contributed by atoms with Gasteiger partial charge in [0.05, 0.1) is 19.8 Å². The van der Waals surface area contributed by atoms with Gasteiger partial charge in [0, 0.05) is 49.0 Å². The fourth-order valence-electron chi connectivity index (χ4n) is 5.24. The van der Waals surface area contributed by atoms with Gasteiger partial charge in [-0.2, -0.15) is 0 Å². The molecule has 214 valence electrons. The van der Waals surface area contributed by atoms with Crippen molar-refractivity contribution < 1.29 is 9.53 Å². The Morgan fingerprint density at radius 3 is 2.37 bits per heavy atom. The Hall–Kier alpha value is -3.07. The highest BCUT2D eigenvalue weighted by molar-refractivity contribution is 7.09. The number of hydrogen-bond acceptors (Lipinski definition) is 6. The van der Waals surface area contributed by atoms with Crippen molar-refractivity contribution in [2.24, 2.45) is 0 Å². The fraction of sp³-hybridized carbons (Fsp3) is 0.333. The summed E-state index contributed by atoms with van der Waals surface area (Å²) in [6.07, 6.45) is 0.953. The van der Waals surface area contributed by atoms with Crippen LogP contribution in [0.25, 0.3) is 0 Å². The molecule has 3 aromatic carbocycles. The minimum atomic E-state index is -0.115. The third-order valence-corrected chi connectivity index (χ3v) is 8.46. The normalized spacial score (nSPS) is 14.0. The van der Waals surface area contributed by atoms with Gasteiger partial charge in [0.15, 0.2) is 0 Å². The van der Waals surface area contributed by atoms with Crippen LogP contribution >= 0.6 is 22.9 Å². The fourth-order valence-corrected chi connectivity index (χ4v) is 6.27. The van der Waals surface area contributed by atoms with Crippen LogP contribution in [0.2, 0.25) is 5.02 Å². The summed E-state index contributed by atoms with van der Waals surface area (Å²) < 4.78 is 5.40. The maximum Gasteiger partial charge on any atom is 0.270 e. The van der Waals surface area contributed by atoms with Crippen molar-refractivity contribution in [3.63, 3.8) is 0 Å². The van der Waals surface area contributed by atoms with Crippen LogP contribution in [0.1, 0.15) is 44.5 Å². The maximum absolute atomic E-state index is 12.8. The molecular weight excluding hydrogens is 552 g/mol. The molecule has 2 heterocycles. The van der Waals surface area contributed by atoms with Gasteiger partial charge in [-0.1, -0.05) is 84.4 Å². The number of hydrogen-bond donors (Lipinski definition) is 1. The second-order valence-electron chi connectivity index (χ2n) is 10.3. The molecule has 0 spiro atoms. The molecule has 1 fully saturated rings. The molecule has 0 atom stereocenters. The van der Waals surface area contributed by atoms with Crippen LogP contribution in [0.15, 0.2) is 90.3 Å². The van der Waals surface area contributed by atoms with Crippen LogP contribution in [0.3, 0.4) is 0 Å². The number of thiazole rings is 1. The topological polar surface area (TPSA) is 57.7 Å². The van der Waals surface area contributed by atoms with Crippen molar-refractivity contribution in [1.29, 1.82) is 0 Å². The van der Waals surface area contributed by atoms with Crippen LogP contribution in [0.5, 0.6) is 0 Å². The summed E-state index contributed by atoms with van der Waals surface area (Å²) in [6, 6.07) is 29.4. The van der Waals surface area contributed by atoms with Crippen LogP contribution in [0, 0.1) is 0 Å². The zero-order valence-corrected chi connectivity index (χ0v) is 24.8. The molecule has 6 nitrogen and oxygen atoms in total. The zero-order valence-electron chi connectivity index (χ0n) is 23.3. The zero-order chi connectivity index (χ0) is 28.3. The predicted molar refractivity (Wildman–Crippen MR) is 167 cm³/mol. The Balaban J connectivity index is 1.26. The number of rotatable bonds is 13. The van der Waals surface area contributed by atoms with E-state index >= 15 is 0 Å². The highest BCUT2D eigenvalue weighted by Crippen LogP contribution is 2.29. The summed E-state index contributed by atoms with van der Waals surface area (Å²) in [6.45, 7) is 7.03. The van der Waals surface area contributed by atoms with E-state index in [1.54, 1.807) is 11.3 Å². The Labute approximate surface area is 251 Å². The summed E-state index contributed by atoms with van der Waals surface area (Å²) >= 11 is 7.86. The molecule has 1 aromatic heterocycles. The molecule has 0 aliphatic carbocycles. The van der Waals surface area contributed by atoms with E-state index in [0.717, 1.165) is 68.0 Å². The Kier molecular flexibility index (Phi) is 10.9. The molecule has 1 aliphatic rings. The van der Waals surface area contributed by atoms with Crippen molar-refractivity contribution >= 4 is 28.8 Å². The van der Waals surface area contributed by atoms with Gasteiger partial charge in [-0.15, -0.1) is 11.3 Å². The van der Waals surface area contributed by atoms with Crippen LogP contribution in [0.4, 0.5) is 0 Å². The van der Waals surface area contributed by atoms with Gasteiger partial charge >= 0.3 is 0 Å². The van der Waals surface area contributed by atoms with Crippen molar-refractivity contribution in [2.45, 2.75) is 25.4 Å². The van der Waals surface area contributed by atoms with Gasteiger partial charge < -0.3 is 10.1 Å². The first-order valence-electron chi connectivity index (χ1n) is 14.2. The Bertz CT molecular complexity index is 1320. The average molecular weight is 589 g/mol. The molecule has 0 unspecified atom stereocenters. The molecule has 1 amide bonds. The summed E-state index contributed by atoms with van der Waals surface area (Å²) in [5.41, 5.74) is 4.27. The molecular formula is C33H37ClN4O2S. The number of aromatic nitrogens is 1. The minimum absolute atomic E-state index is 0.115.